The zero-order chi connectivity index (χ0) is 15.0. The number of carbonyl (C=O) groups excluding carboxylic acids is 2. The molecule has 6 heteroatoms. The summed E-state index contributed by atoms with van der Waals surface area (Å²) in [6, 6.07) is 6.63. The average molecular weight is 280 g/mol. The lowest BCUT2D eigenvalue weighted by molar-refractivity contribution is -0.117. The van der Waals surface area contributed by atoms with Crippen LogP contribution in [0.5, 0.6) is 0 Å². The minimum Gasteiger partial charge on any atom is -0.395 e. The van der Waals surface area contributed by atoms with E-state index in [0.29, 0.717) is 24.3 Å². The van der Waals surface area contributed by atoms with Crippen molar-refractivity contribution in [3.63, 3.8) is 0 Å². The summed E-state index contributed by atoms with van der Waals surface area (Å²) >= 11 is 0. The Labute approximate surface area is 118 Å². The van der Waals surface area contributed by atoms with Crippen molar-refractivity contribution in [2.24, 2.45) is 0 Å². The second-order valence-corrected chi connectivity index (χ2v) is 4.41. The monoisotopic (exact) mass is 280 g/mol. The second kappa shape index (κ2) is 8.42. The van der Waals surface area contributed by atoms with E-state index in [0.717, 1.165) is 0 Å². The summed E-state index contributed by atoms with van der Waals surface area (Å²) < 4.78 is 0. The van der Waals surface area contributed by atoms with Crippen molar-refractivity contribution < 1.29 is 19.8 Å². The van der Waals surface area contributed by atoms with E-state index < -0.39 is 0 Å². The Bertz CT molecular complexity index is 439. The molecule has 0 aromatic heterocycles. The lowest BCUT2D eigenvalue weighted by Crippen LogP contribution is -2.37. The normalized spacial score (nSPS) is 10.6. The summed E-state index contributed by atoms with van der Waals surface area (Å²) in [5, 5.41) is 20.4. The maximum Gasteiger partial charge on any atom is 0.238 e. The topological polar surface area (TPSA) is 89.9 Å². The standard InChI is InChI=1S/C14H20N2O4/c1-11(19)12-2-4-13(5-3-12)15-14(20)10-16(6-8-17)7-9-18/h2-5,17-18H,6-10H2,1H3,(H,15,20). The van der Waals surface area contributed by atoms with Gasteiger partial charge in [-0.3, -0.25) is 14.5 Å². The number of amides is 1. The third-order valence-electron chi connectivity index (χ3n) is 2.77. The van der Waals surface area contributed by atoms with E-state index in [1.807, 2.05) is 0 Å². The number of benzene rings is 1. The van der Waals surface area contributed by atoms with Crippen LogP contribution in [0.3, 0.4) is 0 Å². The van der Waals surface area contributed by atoms with Crippen molar-refractivity contribution in [3.05, 3.63) is 29.8 Å². The maximum atomic E-state index is 11.8. The molecule has 0 aliphatic carbocycles. The molecular formula is C14H20N2O4. The molecule has 0 fully saturated rings. The van der Waals surface area contributed by atoms with Crippen molar-refractivity contribution in [2.75, 3.05) is 38.2 Å². The number of carbonyl (C=O) groups is 2. The van der Waals surface area contributed by atoms with Crippen LogP contribution in [-0.2, 0) is 4.79 Å². The van der Waals surface area contributed by atoms with Crippen LogP contribution in [-0.4, -0.2) is 59.7 Å². The van der Waals surface area contributed by atoms with E-state index in [9.17, 15) is 9.59 Å². The fraction of sp³-hybridized carbons (Fsp3) is 0.429. The summed E-state index contributed by atoms with van der Waals surface area (Å²) in [5.74, 6) is -0.262. The van der Waals surface area contributed by atoms with Crippen LogP contribution in [0.2, 0.25) is 0 Å². The highest BCUT2D eigenvalue weighted by Crippen LogP contribution is 2.10. The molecule has 6 nitrogen and oxygen atoms in total. The van der Waals surface area contributed by atoms with Gasteiger partial charge in [0, 0.05) is 24.3 Å². The molecule has 1 amide bonds. The van der Waals surface area contributed by atoms with Gasteiger partial charge in [-0.2, -0.15) is 0 Å². The van der Waals surface area contributed by atoms with Crippen LogP contribution in [0, 0.1) is 0 Å². The number of hydrogen-bond donors (Lipinski definition) is 3. The zero-order valence-electron chi connectivity index (χ0n) is 11.5. The van der Waals surface area contributed by atoms with E-state index >= 15 is 0 Å². The number of hydrogen-bond acceptors (Lipinski definition) is 5. The minimum atomic E-state index is -0.234. The Hall–Kier alpha value is -1.76. The highest BCUT2D eigenvalue weighted by atomic mass is 16.3. The van der Waals surface area contributed by atoms with Gasteiger partial charge < -0.3 is 15.5 Å². The summed E-state index contributed by atoms with van der Waals surface area (Å²) in [6.07, 6.45) is 0. The second-order valence-electron chi connectivity index (χ2n) is 4.41. The number of Topliss-reactive ketones (excluding diaryl/α,β-unsaturated/α-hetero) is 1. The van der Waals surface area contributed by atoms with Crippen LogP contribution in [0.15, 0.2) is 24.3 Å². The molecule has 0 saturated carbocycles. The summed E-state index contributed by atoms with van der Waals surface area (Å²) in [7, 11) is 0. The predicted octanol–water partition coefficient (Wildman–Crippen LogP) is 0.114. The molecule has 0 bridgehead atoms. The lowest BCUT2D eigenvalue weighted by Gasteiger charge is -2.19. The minimum absolute atomic E-state index is 0.0278. The number of ketones is 1. The number of anilines is 1. The first-order chi connectivity index (χ1) is 9.56. The van der Waals surface area contributed by atoms with Gasteiger partial charge in [-0.15, -0.1) is 0 Å². The van der Waals surface area contributed by atoms with Crippen molar-refractivity contribution in [2.45, 2.75) is 6.92 Å². The Morgan fingerprint density at radius 1 is 1.10 bits per heavy atom. The number of rotatable bonds is 8. The molecule has 0 atom stereocenters. The van der Waals surface area contributed by atoms with Crippen LogP contribution in [0.25, 0.3) is 0 Å². The number of aliphatic hydroxyl groups is 2. The largest absolute Gasteiger partial charge is 0.395 e. The van der Waals surface area contributed by atoms with Gasteiger partial charge in [0.05, 0.1) is 19.8 Å². The van der Waals surface area contributed by atoms with Gasteiger partial charge >= 0.3 is 0 Å². The van der Waals surface area contributed by atoms with Crippen molar-refractivity contribution in [1.82, 2.24) is 4.90 Å². The van der Waals surface area contributed by atoms with Crippen LogP contribution in [0.1, 0.15) is 17.3 Å². The molecule has 1 rings (SSSR count). The van der Waals surface area contributed by atoms with Gasteiger partial charge in [-0.25, -0.2) is 0 Å². The predicted molar refractivity (Wildman–Crippen MR) is 75.7 cm³/mol. The van der Waals surface area contributed by atoms with Gasteiger partial charge in [-0.1, -0.05) is 0 Å². The van der Waals surface area contributed by atoms with Crippen molar-refractivity contribution >= 4 is 17.4 Å². The van der Waals surface area contributed by atoms with Gasteiger partial charge in [0.1, 0.15) is 0 Å². The molecule has 20 heavy (non-hydrogen) atoms. The summed E-state index contributed by atoms with van der Waals surface area (Å²) in [4.78, 5) is 24.6. The number of nitrogens with zero attached hydrogens (tertiary/aromatic N) is 1. The molecule has 110 valence electrons. The maximum absolute atomic E-state index is 11.8. The molecule has 0 unspecified atom stereocenters. The molecule has 3 N–H and O–H groups in total. The van der Waals surface area contributed by atoms with Gasteiger partial charge in [0.25, 0.3) is 0 Å². The van der Waals surface area contributed by atoms with Crippen molar-refractivity contribution in [3.8, 4) is 0 Å². The van der Waals surface area contributed by atoms with E-state index in [4.69, 9.17) is 10.2 Å². The third-order valence-corrected chi connectivity index (χ3v) is 2.77. The Morgan fingerprint density at radius 3 is 2.10 bits per heavy atom. The Kier molecular flexibility index (Phi) is 6.86. The molecule has 0 aliphatic rings. The molecule has 1 aromatic rings. The van der Waals surface area contributed by atoms with Gasteiger partial charge in [-0.05, 0) is 31.2 Å². The van der Waals surface area contributed by atoms with E-state index in [2.05, 4.69) is 5.32 Å². The number of nitrogens with one attached hydrogen (secondary N) is 1. The molecule has 0 radical (unpaired) electrons. The quantitative estimate of drug-likeness (QED) is 0.588. The summed E-state index contributed by atoms with van der Waals surface area (Å²) in [5.41, 5.74) is 1.19. The van der Waals surface area contributed by atoms with Gasteiger partial charge in [0.2, 0.25) is 5.91 Å². The van der Waals surface area contributed by atoms with Crippen LogP contribution < -0.4 is 5.32 Å². The average Bonchev–Trinajstić information content (AvgIpc) is 2.39. The Morgan fingerprint density at radius 2 is 1.65 bits per heavy atom. The molecule has 0 saturated heterocycles. The first-order valence-electron chi connectivity index (χ1n) is 6.41. The highest BCUT2D eigenvalue weighted by Gasteiger charge is 2.10. The smallest absolute Gasteiger partial charge is 0.238 e. The fourth-order valence-corrected chi connectivity index (χ4v) is 1.74. The van der Waals surface area contributed by atoms with E-state index in [1.54, 1.807) is 29.2 Å². The summed E-state index contributed by atoms with van der Waals surface area (Å²) in [6.45, 7) is 2.10. The number of aliphatic hydroxyl groups excluding tert-OH is 2. The van der Waals surface area contributed by atoms with Crippen LogP contribution in [0.4, 0.5) is 5.69 Å². The lowest BCUT2D eigenvalue weighted by atomic mass is 10.1. The first-order valence-corrected chi connectivity index (χ1v) is 6.41. The molecule has 0 aliphatic heterocycles. The molecular weight excluding hydrogens is 260 g/mol. The van der Waals surface area contributed by atoms with Crippen molar-refractivity contribution in [1.29, 1.82) is 0 Å². The molecule has 0 heterocycles. The highest BCUT2D eigenvalue weighted by molar-refractivity contribution is 5.96. The SMILES string of the molecule is CC(=O)c1ccc(NC(=O)CN(CCO)CCO)cc1. The van der Waals surface area contributed by atoms with E-state index in [1.165, 1.54) is 6.92 Å². The Balaban J connectivity index is 2.54. The van der Waals surface area contributed by atoms with E-state index in [-0.39, 0.29) is 31.4 Å². The fourth-order valence-electron chi connectivity index (χ4n) is 1.74. The van der Waals surface area contributed by atoms with Gasteiger partial charge in [0.15, 0.2) is 5.78 Å². The third kappa shape index (κ3) is 5.48. The first kappa shape index (κ1) is 16.3. The molecule has 0 spiro atoms. The van der Waals surface area contributed by atoms with Crippen LogP contribution >= 0.6 is 0 Å². The zero-order valence-corrected chi connectivity index (χ0v) is 11.5. The molecule has 1 aromatic carbocycles.